The average Bonchev–Trinajstić information content (AvgIpc) is 3.16. The van der Waals surface area contributed by atoms with Crippen molar-refractivity contribution in [2.24, 2.45) is 5.41 Å². The van der Waals surface area contributed by atoms with Crippen molar-refractivity contribution in [1.82, 2.24) is 14.7 Å². The number of methoxy groups -OCH3 is 1. The zero-order chi connectivity index (χ0) is 25.5. The summed E-state index contributed by atoms with van der Waals surface area (Å²) in [5.41, 5.74) is 7.09. The maximum atomic E-state index is 6.02. The Morgan fingerprint density at radius 2 is 1.95 bits per heavy atom. The summed E-state index contributed by atoms with van der Waals surface area (Å²) >= 11 is 0. The fourth-order valence-corrected chi connectivity index (χ4v) is 6.15. The monoisotopic (exact) mass is 505 g/mol. The molecular weight excluding hydrogens is 462 g/mol. The number of ether oxygens (including phenoxy) is 3. The Hall–Kier alpha value is -2.41. The molecule has 37 heavy (non-hydrogen) atoms. The molecule has 6 nitrogen and oxygen atoms in total. The van der Waals surface area contributed by atoms with E-state index in [0.717, 1.165) is 103 Å². The Balaban J connectivity index is 1.31. The van der Waals surface area contributed by atoms with Gasteiger partial charge in [-0.3, -0.25) is 9.58 Å². The van der Waals surface area contributed by atoms with Crippen LogP contribution in [0.4, 0.5) is 0 Å². The maximum Gasteiger partial charge on any atom is 0.118 e. The van der Waals surface area contributed by atoms with Crippen molar-refractivity contribution < 1.29 is 14.2 Å². The molecule has 3 aliphatic rings. The standard InChI is InChI=1S/C31H43N3O3/c1-3-34-30-22-33(21-25-11-13-27(35-2)14-12-25)24-31(15-18-36-19-16-31)20-28(30)29(32-34)10-7-17-37-23-26-8-5-4-6-9-26/h5,8-9,11-14H,3-4,6-7,10,15-24H2,1-2H3. The van der Waals surface area contributed by atoms with Gasteiger partial charge in [-0.25, -0.2) is 0 Å². The molecule has 3 heterocycles. The van der Waals surface area contributed by atoms with Gasteiger partial charge in [0, 0.05) is 46.0 Å². The van der Waals surface area contributed by atoms with E-state index >= 15 is 0 Å². The van der Waals surface area contributed by atoms with Crippen LogP contribution in [0.3, 0.4) is 0 Å². The third-order valence-electron chi connectivity index (χ3n) is 8.19. The fourth-order valence-electron chi connectivity index (χ4n) is 6.15. The van der Waals surface area contributed by atoms with Crippen LogP contribution in [0.15, 0.2) is 48.1 Å². The van der Waals surface area contributed by atoms with Crippen LogP contribution < -0.4 is 4.74 Å². The van der Waals surface area contributed by atoms with E-state index in [1.165, 1.54) is 28.1 Å². The van der Waals surface area contributed by atoms with Crippen molar-refractivity contribution in [3.05, 3.63) is 70.6 Å². The minimum absolute atomic E-state index is 0.253. The minimum Gasteiger partial charge on any atom is -0.497 e. The summed E-state index contributed by atoms with van der Waals surface area (Å²) in [6.45, 7) is 9.34. The van der Waals surface area contributed by atoms with Crippen molar-refractivity contribution in [1.29, 1.82) is 0 Å². The van der Waals surface area contributed by atoms with Gasteiger partial charge in [-0.2, -0.15) is 5.10 Å². The van der Waals surface area contributed by atoms with Gasteiger partial charge in [0.05, 0.1) is 25.1 Å². The lowest BCUT2D eigenvalue weighted by molar-refractivity contribution is -0.00465. The largest absolute Gasteiger partial charge is 0.497 e. The Bertz CT molecular complexity index is 1080. The molecule has 200 valence electrons. The quantitative estimate of drug-likeness (QED) is 0.400. The van der Waals surface area contributed by atoms with E-state index in [9.17, 15) is 0 Å². The molecule has 0 amide bonds. The first-order valence-electron chi connectivity index (χ1n) is 14.1. The van der Waals surface area contributed by atoms with Crippen LogP contribution in [0.25, 0.3) is 0 Å². The molecule has 1 spiro atoms. The first-order valence-corrected chi connectivity index (χ1v) is 14.1. The molecule has 0 radical (unpaired) electrons. The summed E-state index contributed by atoms with van der Waals surface area (Å²) in [7, 11) is 1.72. The first kappa shape index (κ1) is 26.2. The van der Waals surface area contributed by atoms with Gasteiger partial charge in [0.25, 0.3) is 0 Å². The SMILES string of the molecule is CCn1nc(CCCOCC2=CCCC=C2)c2c1CN(Cc1ccc(OC)cc1)CC1(CCOCC1)C2. The molecular formula is C31H43N3O3. The Kier molecular flexibility index (Phi) is 8.80. The predicted octanol–water partition coefficient (Wildman–Crippen LogP) is 5.49. The maximum absolute atomic E-state index is 6.02. The van der Waals surface area contributed by atoms with Gasteiger partial charge >= 0.3 is 0 Å². The van der Waals surface area contributed by atoms with Gasteiger partial charge in [0.1, 0.15) is 5.75 Å². The summed E-state index contributed by atoms with van der Waals surface area (Å²) in [6, 6.07) is 8.53. The van der Waals surface area contributed by atoms with Crippen molar-refractivity contribution in [3.63, 3.8) is 0 Å². The van der Waals surface area contributed by atoms with Gasteiger partial charge in [-0.05, 0) is 86.1 Å². The lowest BCUT2D eigenvalue weighted by atomic mass is 9.75. The number of aromatic nitrogens is 2. The Labute approximate surface area is 222 Å². The molecule has 1 saturated heterocycles. The highest BCUT2D eigenvalue weighted by molar-refractivity contribution is 5.31. The second-order valence-corrected chi connectivity index (χ2v) is 10.9. The highest BCUT2D eigenvalue weighted by Crippen LogP contribution is 2.40. The van der Waals surface area contributed by atoms with E-state index in [0.29, 0.717) is 0 Å². The van der Waals surface area contributed by atoms with Gasteiger partial charge in [0.2, 0.25) is 0 Å². The second-order valence-electron chi connectivity index (χ2n) is 10.9. The Morgan fingerprint density at radius 3 is 2.68 bits per heavy atom. The number of hydrogen-bond acceptors (Lipinski definition) is 5. The van der Waals surface area contributed by atoms with Crippen molar-refractivity contribution in [3.8, 4) is 5.75 Å². The predicted molar refractivity (Wildman–Crippen MR) is 147 cm³/mol. The number of benzene rings is 1. The minimum atomic E-state index is 0.253. The summed E-state index contributed by atoms with van der Waals surface area (Å²) in [5.74, 6) is 0.910. The smallest absolute Gasteiger partial charge is 0.118 e. The van der Waals surface area contributed by atoms with E-state index in [-0.39, 0.29) is 5.41 Å². The van der Waals surface area contributed by atoms with Crippen LogP contribution in [0.1, 0.15) is 61.5 Å². The molecule has 1 aromatic carbocycles. The molecule has 1 aliphatic carbocycles. The van der Waals surface area contributed by atoms with Crippen molar-refractivity contribution in [2.75, 3.05) is 40.1 Å². The fraction of sp³-hybridized carbons (Fsp3) is 0.581. The molecule has 1 fully saturated rings. The highest BCUT2D eigenvalue weighted by atomic mass is 16.5. The summed E-state index contributed by atoms with van der Waals surface area (Å²) < 4.78 is 19.5. The molecule has 6 heteroatoms. The molecule has 0 saturated carbocycles. The summed E-state index contributed by atoms with van der Waals surface area (Å²) in [5, 5.41) is 5.15. The topological polar surface area (TPSA) is 48.8 Å². The zero-order valence-corrected chi connectivity index (χ0v) is 22.7. The number of rotatable bonds is 10. The van der Waals surface area contributed by atoms with Gasteiger partial charge in [0.15, 0.2) is 0 Å². The van der Waals surface area contributed by atoms with E-state index in [1.807, 2.05) is 0 Å². The van der Waals surface area contributed by atoms with E-state index in [1.54, 1.807) is 7.11 Å². The zero-order valence-electron chi connectivity index (χ0n) is 22.7. The second kappa shape index (κ2) is 12.4. The third-order valence-corrected chi connectivity index (χ3v) is 8.19. The highest BCUT2D eigenvalue weighted by Gasteiger charge is 2.39. The van der Waals surface area contributed by atoms with Gasteiger partial charge in [-0.1, -0.05) is 30.4 Å². The van der Waals surface area contributed by atoms with Crippen LogP contribution in [-0.4, -0.2) is 54.8 Å². The van der Waals surface area contributed by atoms with Crippen LogP contribution >= 0.6 is 0 Å². The van der Waals surface area contributed by atoms with E-state index in [4.69, 9.17) is 19.3 Å². The van der Waals surface area contributed by atoms with Crippen LogP contribution in [0, 0.1) is 5.41 Å². The molecule has 0 atom stereocenters. The normalized spacial score (nSPS) is 19.5. The molecule has 5 rings (SSSR count). The van der Waals surface area contributed by atoms with E-state index < -0.39 is 0 Å². The summed E-state index contributed by atoms with van der Waals surface area (Å²) in [6.07, 6.45) is 14.4. The number of nitrogens with zero attached hydrogens (tertiary/aromatic N) is 3. The van der Waals surface area contributed by atoms with Crippen LogP contribution in [0.2, 0.25) is 0 Å². The number of aryl methyl sites for hydroxylation is 2. The van der Waals surface area contributed by atoms with Crippen LogP contribution in [0.5, 0.6) is 5.75 Å². The molecule has 0 unspecified atom stereocenters. The lowest BCUT2D eigenvalue weighted by Crippen LogP contribution is -2.41. The van der Waals surface area contributed by atoms with Gasteiger partial charge in [-0.15, -0.1) is 0 Å². The van der Waals surface area contributed by atoms with Crippen LogP contribution in [-0.2, 0) is 41.9 Å². The average molecular weight is 506 g/mol. The molecule has 0 N–H and O–H groups in total. The lowest BCUT2D eigenvalue weighted by Gasteiger charge is -2.39. The third kappa shape index (κ3) is 6.54. The van der Waals surface area contributed by atoms with Crippen molar-refractivity contribution >= 4 is 0 Å². The number of fused-ring (bicyclic) bond motifs is 1. The Morgan fingerprint density at radius 1 is 1.11 bits per heavy atom. The molecule has 1 aromatic heterocycles. The van der Waals surface area contributed by atoms with E-state index in [2.05, 4.69) is 59.0 Å². The first-order chi connectivity index (χ1) is 18.2. The van der Waals surface area contributed by atoms with Gasteiger partial charge < -0.3 is 14.2 Å². The van der Waals surface area contributed by atoms with Crippen molar-refractivity contribution in [2.45, 2.75) is 71.5 Å². The molecule has 2 aromatic rings. The summed E-state index contributed by atoms with van der Waals surface area (Å²) in [4.78, 5) is 2.64. The molecule has 2 aliphatic heterocycles. The number of hydrogen-bond donors (Lipinski definition) is 0. The number of allylic oxidation sites excluding steroid dienone is 2. The molecule has 0 bridgehead atoms.